The highest BCUT2D eigenvalue weighted by atomic mass is 35.5. The van der Waals surface area contributed by atoms with Gasteiger partial charge in [0.2, 0.25) is 0 Å². The molecule has 3 N–H and O–H groups in total. The summed E-state index contributed by atoms with van der Waals surface area (Å²) in [5.74, 6) is -0.217. The Balaban J connectivity index is 1.83. The molecule has 11 heteroatoms. The van der Waals surface area contributed by atoms with E-state index in [9.17, 15) is 18.0 Å². The number of amides is 1. The summed E-state index contributed by atoms with van der Waals surface area (Å²) in [6.45, 7) is 0.547. The number of carbonyl (C=O) groups is 1. The fourth-order valence-electron chi connectivity index (χ4n) is 3.32. The number of aromatic nitrogens is 3. The average Bonchev–Trinajstić information content (AvgIpc) is 2.59. The van der Waals surface area contributed by atoms with E-state index in [0.717, 1.165) is 12.1 Å². The number of nitrogen functional groups attached to an aromatic ring is 1. The number of hydrogen-bond donors (Lipinski definition) is 2. The highest BCUT2D eigenvalue weighted by Gasteiger charge is 2.36. The number of carboxylic acid groups (broad SMARTS) is 1. The highest BCUT2D eigenvalue weighted by molar-refractivity contribution is 6.34. The van der Waals surface area contributed by atoms with Crippen LogP contribution in [0.4, 0.5) is 23.8 Å². The molecule has 0 aliphatic carbocycles. The highest BCUT2D eigenvalue weighted by Crippen LogP contribution is 2.41. The molecule has 4 rings (SSSR count). The summed E-state index contributed by atoms with van der Waals surface area (Å²) in [6.07, 6.45) is -4.37. The SMILES string of the molecule is Nc1ccc(C(F)(F)F)c(-c2cc3ncnc(C4CN(C(=O)O)C4)c3cc2Cl)n1. The van der Waals surface area contributed by atoms with Gasteiger partial charge in [0.1, 0.15) is 12.1 Å². The summed E-state index contributed by atoms with van der Waals surface area (Å²) in [5.41, 5.74) is 5.27. The fraction of sp³-hybridized carbons (Fsp3) is 0.222. The lowest BCUT2D eigenvalue weighted by Crippen LogP contribution is -2.48. The normalized spacial score (nSPS) is 14.8. The van der Waals surface area contributed by atoms with E-state index in [2.05, 4.69) is 15.0 Å². The van der Waals surface area contributed by atoms with Crippen LogP contribution in [0.5, 0.6) is 0 Å². The molecule has 150 valence electrons. The molecule has 1 amide bonds. The van der Waals surface area contributed by atoms with Gasteiger partial charge in [-0.2, -0.15) is 13.2 Å². The van der Waals surface area contributed by atoms with Crippen molar-refractivity contribution in [1.29, 1.82) is 0 Å². The van der Waals surface area contributed by atoms with Crippen LogP contribution in [0.1, 0.15) is 17.2 Å². The van der Waals surface area contributed by atoms with Crippen molar-refractivity contribution in [3.05, 3.63) is 46.9 Å². The van der Waals surface area contributed by atoms with Crippen LogP contribution in [0.3, 0.4) is 0 Å². The minimum Gasteiger partial charge on any atom is -0.465 e. The van der Waals surface area contributed by atoms with Crippen molar-refractivity contribution in [1.82, 2.24) is 19.9 Å². The quantitative estimate of drug-likeness (QED) is 0.645. The third-order valence-corrected chi connectivity index (χ3v) is 5.08. The maximum absolute atomic E-state index is 13.4. The summed E-state index contributed by atoms with van der Waals surface area (Å²) < 4.78 is 40.3. The Morgan fingerprint density at radius 1 is 1.24 bits per heavy atom. The first-order valence-electron chi connectivity index (χ1n) is 8.41. The van der Waals surface area contributed by atoms with Crippen LogP contribution in [-0.4, -0.2) is 44.1 Å². The molecule has 0 saturated carbocycles. The van der Waals surface area contributed by atoms with Crippen LogP contribution >= 0.6 is 11.6 Å². The number of rotatable bonds is 2. The van der Waals surface area contributed by atoms with Crippen molar-refractivity contribution in [3.8, 4) is 11.3 Å². The lowest BCUT2D eigenvalue weighted by molar-refractivity contribution is -0.137. The minimum atomic E-state index is -4.64. The van der Waals surface area contributed by atoms with Crippen LogP contribution in [-0.2, 0) is 6.18 Å². The first kappa shape index (κ1) is 19.2. The molecule has 1 aliphatic heterocycles. The maximum Gasteiger partial charge on any atom is 0.418 e. The van der Waals surface area contributed by atoms with Crippen molar-refractivity contribution >= 4 is 34.4 Å². The standard InChI is InChI=1S/C18H13ClF3N5O2/c19-12-3-10-13(24-7-25-15(10)8-5-27(6-8)17(28)29)4-9(12)16-11(18(20,21)22)1-2-14(23)26-16/h1-4,7-8H,5-6H2,(H2,23,26)(H,28,29). The van der Waals surface area contributed by atoms with Gasteiger partial charge < -0.3 is 15.7 Å². The Morgan fingerprint density at radius 2 is 1.97 bits per heavy atom. The monoisotopic (exact) mass is 423 g/mol. The molecule has 1 aromatic carbocycles. The van der Waals surface area contributed by atoms with Crippen LogP contribution in [0.25, 0.3) is 22.2 Å². The van der Waals surface area contributed by atoms with Crippen LogP contribution in [0, 0.1) is 0 Å². The van der Waals surface area contributed by atoms with E-state index in [0.29, 0.717) is 16.6 Å². The van der Waals surface area contributed by atoms with E-state index < -0.39 is 17.8 Å². The van der Waals surface area contributed by atoms with Gasteiger partial charge in [-0.3, -0.25) is 0 Å². The van der Waals surface area contributed by atoms with Crippen LogP contribution < -0.4 is 5.73 Å². The lowest BCUT2D eigenvalue weighted by atomic mass is 9.92. The molecule has 1 aliphatic rings. The number of fused-ring (bicyclic) bond motifs is 1. The fourth-order valence-corrected chi connectivity index (χ4v) is 3.57. The van der Waals surface area contributed by atoms with Crippen molar-refractivity contribution in [2.24, 2.45) is 0 Å². The second kappa shape index (κ2) is 6.73. The first-order valence-corrected chi connectivity index (χ1v) is 8.79. The van der Waals surface area contributed by atoms with Crippen molar-refractivity contribution in [2.45, 2.75) is 12.1 Å². The van der Waals surface area contributed by atoms with Crippen molar-refractivity contribution < 1.29 is 23.1 Å². The van der Waals surface area contributed by atoms with Gasteiger partial charge in [-0.25, -0.2) is 19.7 Å². The van der Waals surface area contributed by atoms with Crippen molar-refractivity contribution in [3.63, 3.8) is 0 Å². The Morgan fingerprint density at radius 3 is 2.62 bits per heavy atom. The van der Waals surface area contributed by atoms with E-state index in [-0.39, 0.29) is 41.1 Å². The van der Waals surface area contributed by atoms with Gasteiger partial charge in [0.05, 0.1) is 27.5 Å². The van der Waals surface area contributed by atoms with E-state index in [1.165, 1.54) is 23.4 Å². The van der Waals surface area contributed by atoms with Gasteiger partial charge in [-0.1, -0.05) is 11.6 Å². The number of halogens is 4. The molecule has 7 nitrogen and oxygen atoms in total. The summed E-state index contributed by atoms with van der Waals surface area (Å²) in [7, 11) is 0. The molecule has 29 heavy (non-hydrogen) atoms. The Hall–Kier alpha value is -3.14. The molecule has 0 unspecified atom stereocenters. The average molecular weight is 424 g/mol. The van der Waals surface area contributed by atoms with Gasteiger partial charge in [0.15, 0.2) is 0 Å². The Bertz CT molecular complexity index is 1130. The molecule has 0 bridgehead atoms. The summed E-state index contributed by atoms with van der Waals surface area (Å²) in [6, 6.07) is 4.83. The molecule has 0 radical (unpaired) electrons. The summed E-state index contributed by atoms with van der Waals surface area (Å²) in [4.78, 5) is 24.4. The van der Waals surface area contributed by atoms with Gasteiger partial charge in [0, 0.05) is 30.0 Å². The zero-order valence-electron chi connectivity index (χ0n) is 14.6. The van der Waals surface area contributed by atoms with Gasteiger partial charge in [0.25, 0.3) is 0 Å². The third kappa shape index (κ3) is 3.39. The van der Waals surface area contributed by atoms with Crippen molar-refractivity contribution in [2.75, 3.05) is 18.8 Å². The third-order valence-electron chi connectivity index (χ3n) is 4.77. The summed E-state index contributed by atoms with van der Waals surface area (Å²) >= 11 is 6.32. The molecule has 2 aromatic heterocycles. The van der Waals surface area contributed by atoms with Crippen LogP contribution in [0.2, 0.25) is 5.02 Å². The largest absolute Gasteiger partial charge is 0.465 e. The molecule has 3 aromatic rings. The van der Waals surface area contributed by atoms with Crippen LogP contribution in [0.15, 0.2) is 30.6 Å². The Labute approximate surface area is 167 Å². The molecule has 0 spiro atoms. The minimum absolute atomic E-state index is 0.0339. The van der Waals surface area contributed by atoms with Gasteiger partial charge in [-0.15, -0.1) is 0 Å². The zero-order valence-corrected chi connectivity index (χ0v) is 15.4. The Kier molecular flexibility index (Phi) is 4.45. The van der Waals surface area contributed by atoms with E-state index in [1.54, 1.807) is 0 Å². The second-order valence-electron chi connectivity index (χ2n) is 6.62. The second-order valence-corrected chi connectivity index (χ2v) is 7.03. The van der Waals surface area contributed by atoms with E-state index in [4.69, 9.17) is 22.4 Å². The van der Waals surface area contributed by atoms with E-state index in [1.807, 2.05) is 0 Å². The predicted octanol–water partition coefficient (Wildman–Crippen LogP) is 4.02. The zero-order chi connectivity index (χ0) is 20.9. The molecular formula is C18H13ClF3N5O2. The summed E-state index contributed by atoms with van der Waals surface area (Å²) in [5, 5.41) is 9.58. The maximum atomic E-state index is 13.4. The number of anilines is 1. The molecule has 3 heterocycles. The topological polar surface area (TPSA) is 105 Å². The molecule has 1 fully saturated rings. The molecule has 1 saturated heterocycles. The van der Waals surface area contributed by atoms with E-state index >= 15 is 0 Å². The predicted molar refractivity (Wildman–Crippen MR) is 99.5 cm³/mol. The molecular weight excluding hydrogens is 411 g/mol. The molecule has 0 atom stereocenters. The van der Waals surface area contributed by atoms with Gasteiger partial charge >= 0.3 is 12.3 Å². The number of nitrogens with two attached hydrogens (primary N) is 1. The number of hydrogen-bond acceptors (Lipinski definition) is 5. The smallest absolute Gasteiger partial charge is 0.418 e. The first-order chi connectivity index (χ1) is 13.6. The number of nitrogens with zero attached hydrogens (tertiary/aromatic N) is 4. The van der Waals surface area contributed by atoms with Gasteiger partial charge in [-0.05, 0) is 24.3 Å². The number of likely N-dealkylation sites (tertiary alicyclic amines) is 1. The lowest BCUT2D eigenvalue weighted by Gasteiger charge is -2.36. The number of alkyl halides is 3. The number of benzene rings is 1. The number of pyridine rings is 1.